The molecule has 0 saturated carbocycles. The predicted molar refractivity (Wildman–Crippen MR) is 122 cm³/mol. The van der Waals surface area contributed by atoms with E-state index in [4.69, 9.17) is 4.74 Å². The number of ether oxygens (including phenoxy) is 1. The van der Waals surface area contributed by atoms with Gasteiger partial charge in [-0.1, -0.05) is 30.3 Å². The molecule has 1 fully saturated rings. The van der Waals surface area contributed by atoms with E-state index >= 15 is 0 Å². The van der Waals surface area contributed by atoms with Gasteiger partial charge in [0.2, 0.25) is 5.91 Å². The van der Waals surface area contributed by atoms with Crippen LogP contribution in [0.2, 0.25) is 0 Å². The molecule has 0 radical (unpaired) electrons. The summed E-state index contributed by atoms with van der Waals surface area (Å²) in [6, 6.07) is 14.2. The van der Waals surface area contributed by atoms with Crippen molar-refractivity contribution in [2.45, 2.75) is 25.8 Å². The van der Waals surface area contributed by atoms with Crippen LogP contribution in [0.3, 0.4) is 0 Å². The van der Waals surface area contributed by atoms with Crippen LogP contribution in [-0.4, -0.2) is 36.9 Å². The van der Waals surface area contributed by atoms with Crippen molar-refractivity contribution in [3.63, 3.8) is 0 Å². The van der Waals surface area contributed by atoms with E-state index in [2.05, 4.69) is 5.32 Å². The fourth-order valence-electron chi connectivity index (χ4n) is 4.38. The van der Waals surface area contributed by atoms with Crippen molar-refractivity contribution in [3.8, 4) is 5.75 Å². The molecule has 0 aliphatic carbocycles. The third-order valence-corrected chi connectivity index (χ3v) is 6.22. The number of nitrogens with zero attached hydrogens (tertiary/aromatic N) is 1. The lowest BCUT2D eigenvalue weighted by Gasteiger charge is -2.33. The highest BCUT2D eigenvalue weighted by Gasteiger charge is 2.30. The molecule has 2 atom stereocenters. The lowest BCUT2D eigenvalue weighted by Crippen LogP contribution is -2.45. The molecule has 1 aliphatic heterocycles. The maximum absolute atomic E-state index is 13.6. The maximum Gasteiger partial charge on any atom is 0.254 e. The Bertz CT molecular complexity index is 1200. The number of methoxy groups -OCH3 is 1. The van der Waals surface area contributed by atoms with Gasteiger partial charge in [-0.15, -0.1) is 0 Å². The summed E-state index contributed by atoms with van der Waals surface area (Å²) in [5.74, 6) is -1.88. The van der Waals surface area contributed by atoms with Crippen LogP contribution in [0.15, 0.2) is 54.6 Å². The normalized spacial score (nSPS) is 17.0. The molecule has 0 spiro atoms. The van der Waals surface area contributed by atoms with E-state index in [1.54, 1.807) is 31.1 Å². The van der Waals surface area contributed by atoms with E-state index < -0.39 is 17.7 Å². The molecule has 3 aromatic carbocycles. The van der Waals surface area contributed by atoms with Crippen LogP contribution in [0.5, 0.6) is 5.75 Å². The van der Waals surface area contributed by atoms with Gasteiger partial charge in [-0.3, -0.25) is 9.59 Å². The van der Waals surface area contributed by atoms with Crippen LogP contribution < -0.4 is 10.1 Å². The predicted octanol–water partition coefficient (Wildman–Crippen LogP) is 4.86. The average molecular weight is 453 g/mol. The van der Waals surface area contributed by atoms with Crippen molar-refractivity contribution < 1.29 is 23.1 Å². The Morgan fingerprint density at radius 3 is 2.55 bits per heavy atom. The number of likely N-dealkylation sites (tertiary alicyclic amines) is 1. The van der Waals surface area contributed by atoms with Crippen molar-refractivity contribution in [2.24, 2.45) is 5.92 Å². The van der Waals surface area contributed by atoms with Gasteiger partial charge in [-0.05, 0) is 55.0 Å². The highest BCUT2D eigenvalue weighted by atomic mass is 19.2. The van der Waals surface area contributed by atoms with Crippen LogP contribution in [0.4, 0.5) is 8.78 Å². The second kappa shape index (κ2) is 9.57. The number of hydrogen-bond donors (Lipinski definition) is 1. The van der Waals surface area contributed by atoms with E-state index in [0.717, 1.165) is 22.9 Å². The van der Waals surface area contributed by atoms with E-state index in [1.165, 1.54) is 6.07 Å². The van der Waals surface area contributed by atoms with Gasteiger partial charge in [-0.2, -0.15) is 0 Å². The SMILES string of the molecule is COc1ccc(C(=O)N2CCCC(C(=O)NC(C)c3ccc(F)c(F)c3)C2)c2ccccc12. The van der Waals surface area contributed by atoms with E-state index in [-0.39, 0.29) is 17.7 Å². The van der Waals surface area contributed by atoms with Gasteiger partial charge < -0.3 is 15.0 Å². The minimum atomic E-state index is -0.949. The van der Waals surface area contributed by atoms with Crippen molar-refractivity contribution in [3.05, 3.63) is 77.4 Å². The molecule has 2 amide bonds. The molecule has 1 N–H and O–H groups in total. The molecular formula is C26H26F2N2O3. The first-order valence-electron chi connectivity index (χ1n) is 11.0. The zero-order valence-electron chi connectivity index (χ0n) is 18.6. The first-order chi connectivity index (χ1) is 15.9. The molecule has 4 rings (SSSR count). The zero-order valence-corrected chi connectivity index (χ0v) is 18.6. The quantitative estimate of drug-likeness (QED) is 0.602. The van der Waals surface area contributed by atoms with E-state index in [9.17, 15) is 18.4 Å². The van der Waals surface area contributed by atoms with Crippen LogP contribution in [-0.2, 0) is 4.79 Å². The summed E-state index contributed by atoms with van der Waals surface area (Å²) in [5.41, 5.74) is 1.05. The van der Waals surface area contributed by atoms with Gasteiger partial charge in [0.15, 0.2) is 11.6 Å². The van der Waals surface area contributed by atoms with Crippen molar-refractivity contribution >= 4 is 22.6 Å². The largest absolute Gasteiger partial charge is 0.496 e. The van der Waals surface area contributed by atoms with Gasteiger partial charge in [0.05, 0.1) is 19.1 Å². The monoisotopic (exact) mass is 452 g/mol. The Balaban J connectivity index is 1.48. The van der Waals surface area contributed by atoms with Gasteiger partial charge in [0.25, 0.3) is 5.91 Å². The standard InChI is InChI=1S/C26H26F2N2O3/c1-16(17-9-11-22(27)23(28)14-17)29-25(31)18-6-5-13-30(15-18)26(32)21-10-12-24(33-2)20-8-4-3-7-19(20)21/h3-4,7-12,14,16,18H,5-6,13,15H2,1-2H3,(H,29,31). The fraction of sp³-hybridized carbons (Fsp3) is 0.308. The highest BCUT2D eigenvalue weighted by Crippen LogP contribution is 2.30. The summed E-state index contributed by atoms with van der Waals surface area (Å²) >= 11 is 0. The summed E-state index contributed by atoms with van der Waals surface area (Å²) in [6.07, 6.45) is 1.36. The van der Waals surface area contributed by atoms with Crippen molar-refractivity contribution in [1.82, 2.24) is 10.2 Å². The smallest absolute Gasteiger partial charge is 0.254 e. The summed E-state index contributed by atoms with van der Waals surface area (Å²) in [6.45, 7) is 2.59. The number of carbonyl (C=O) groups is 2. The minimum absolute atomic E-state index is 0.125. The van der Waals surface area contributed by atoms with Crippen LogP contribution in [0.1, 0.15) is 41.7 Å². The number of rotatable bonds is 5. The first kappa shape index (κ1) is 22.7. The number of hydrogen-bond acceptors (Lipinski definition) is 3. The summed E-state index contributed by atoms with van der Waals surface area (Å²) < 4.78 is 32.2. The summed E-state index contributed by atoms with van der Waals surface area (Å²) in [4.78, 5) is 28.0. The lowest BCUT2D eigenvalue weighted by atomic mass is 9.95. The third-order valence-electron chi connectivity index (χ3n) is 6.22. The second-order valence-corrected chi connectivity index (χ2v) is 8.36. The van der Waals surface area contributed by atoms with Gasteiger partial charge in [0, 0.05) is 24.0 Å². The molecule has 1 aliphatic rings. The lowest BCUT2D eigenvalue weighted by molar-refractivity contribution is -0.127. The van der Waals surface area contributed by atoms with Crippen LogP contribution in [0.25, 0.3) is 10.8 Å². The molecule has 0 bridgehead atoms. The third kappa shape index (κ3) is 4.67. The fourth-order valence-corrected chi connectivity index (χ4v) is 4.38. The van der Waals surface area contributed by atoms with E-state index in [0.29, 0.717) is 42.8 Å². The maximum atomic E-state index is 13.6. The number of piperidine rings is 1. The van der Waals surface area contributed by atoms with Crippen molar-refractivity contribution in [2.75, 3.05) is 20.2 Å². The average Bonchev–Trinajstić information content (AvgIpc) is 2.84. The number of carbonyl (C=O) groups excluding carboxylic acids is 2. The first-order valence-corrected chi connectivity index (χ1v) is 11.0. The molecule has 1 heterocycles. The molecule has 3 aromatic rings. The highest BCUT2D eigenvalue weighted by molar-refractivity contribution is 6.08. The van der Waals surface area contributed by atoms with Crippen LogP contribution >= 0.6 is 0 Å². The summed E-state index contributed by atoms with van der Waals surface area (Å²) in [7, 11) is 1.60. The minimum Gasteiger partial charge on any atom is -0.496 e. The molecular weight excluding hydrogens is 426 g/mol. The Hall–Kier alpha value is -3.48. The molecule has 33 heavy (non-hydrogen) atoms. The number of halogens is 2. The van der Waals surface area contributed by atoms with Gasteiger partial charge in [-0.25, -0.2) is 8.78 Å². The van der Waals surface area contributed by atoms with Gasteiger partial charge in [0.1, 0.15) is 5.75 Å². The number of fused-ring (bicyclic) bond motifs is 1. The molecule has 2 unspecified atom stereocenters. The molecule has 172 valence electrons. The van der Waals surface area contributed by atoms with Crippen molar-refractivity contribution in [1.29, 1.82) is 0 Å². The topological polar surface area (TPSA) is 58.6 Å². The number of amides is 2. The Labute approximate surface area is 191 Å². The Morgan fingerprint density at radius 1 is 1.06 bits per heavy atom. The number of benzene rings is 3. The molecule has 1 saturated heterocycles. The van der Waals surface area contributed by atoms with Crippen LogP contribution in [0, 0.1) is 17.6 Å². The zero-order chi connectivity index (χ0) is 23.5. The molecule has 5 nitrogen and oxygen atoms in total. The van der Waals surface area contributed by atoms with E-state index in [1.807, 2.05) is 24.3 Å². The Kier molecular flexibility index (Phi) is 6.58. The molecule has 0 aromatic heterocycles. The summed E-state index contributed by atoms with van der Waals surface area (Å²) in [5, 5.41) is 4.54. The molecule has 7 heteroatoms. The number of nitrogens with one attached hydrogen (secondary N) is 1. The van der Waals surface area contributed by atoms with Gasteiger partial charge >= 0.3 is 0 Å². The Morgan fingerprint density at radius 2 is 1.82 bits per heavy atom. The second-order valence-electron chi connectivity index (χ2n) is 8.36.